The summed E-state index contributed by atoms with van der Waals surface area (Å²) in [4.78, 5) is 106. The van der Waals surface area contributed by atoms with Crippen LogP contribution in [0, 0.1) is 5.92 Å². The first-order valence-corrected chi connectivity index (χ1v) is 17.3. The molecule has 0 aliphatic carbocycles. The zero-order chi connectivity index (χ0) is 38.2. The number of rotatable bonds is 20. The highest BCUT2D eigenvalue weighted by molar-refractivity contribution is 7.80. The van der Waals surface area contributed by atoms with Gasteiger partial charge in [0.25, 0.3) is 0 Å². The Kier molecular flexibility index (Phi) is 17.4. The van der Waals surface area contributed by atoms with Crippen LogP contribution in [0.2, 0.25) is 0 Å². The number of hydrogen-bond acceptors (Lipinski definition) is 11. The lowest BCUT2D eigenvalue weighted by Gasteiger charge is -2.31. The summed E-state index contributed by atoms with van der Waals surface area (Å²) in [6.07, 6.45) is 1.67. The maximum absolute atomic E-state index is 13.5. The predicted octanol–water partition coefficient (Wildman–Crippen LogP) is -4.02. The van der Waals surface area contributed by atoms with Crippen LogP contribution in [0.5, 0.6) is 0 Å². The SMILES string of the molecule is CC(C)[C@H](NC(=O)CNC(=O)[C@H](CS)NC(=O)[C@H](CCCN=C(N)N)NC(=O)[C@@H]1CCCN1)C(=O)N1CCC[C@H]1C(=O)N[C@@H](CC(=O)O)C(=O)O. The molecule has 0 aromatic carbocycles. The zero-order valence-electron chi connectivity index (χ0n) is 28.7. The molecule has 0 unspecified atom stereocenters. The smallest absolute Gasteiger partial charge is 0.326 e. The van der Waals surface area contributed by atoms with Crippen LogP contribution in [0.3, 0.4) is 0 Å². The van der Waals surface area contributed by atoms with E-state index >= 15 is 0 Å². The molecule has 2 heterocycles. The fraction of sp³-hybridized carbons (Fsp3) is 0.700. The topological polar surface area (TPSA) is 317 Å². The average molecular weight is 743 g/mol. The largest absolute Gasteiger partial charge is 0.481 e. The molecule has 51 heavy (non-hydrogen) atoms. The summed E-state index contributed by atoms with van der Waals surface area (Å²) >= 11 is 4.16. The second-order valence-electron chi connectivity index (χ2n) is 12.6. The number of carbonyl (C=O) groups is 8. The zero-order valence-corrected chi connectivity index (χ0v) is 29.6. The fourth-order valence-electron chi connectivity index (χ4n) is 5.57. The molecule has 286 valence electrons. The number of carboxylic acids is 2. The quantitative estimate of drug-likeness (QED) is 0.0246. The minimum absolute atomic E-state index is 0.122. The van der Waals surface area contributed by atoms with Gasteiger partial charge in [-0.15, -0.1) is 0 Å². The van der Waals surface area contributed by atoms with E-state index in [1.165, 1.54) is 4.90 Å². The molecule has 2 aliphatic rings. The predicted molar refractivity (Wildman–Crippen MR) is 185 cm³/mol. The Morgan fingerprint density at radius 3 is 2.16 bits per heavy atom. The number of nitrogens with zero attached hydrogens (tertiary/aromatic N) is 2. The highest BCUT2D eigenvalue weighted by Crippen LogP contribution is 2.21. The first-order chi connectivity index (χ1) is 24.0. The number of carbonyl (C=O) groups excluding carboxylic acids is 6. The molecule has 0 saturated carbocycles. The van der Waals surface area contributed by atoms with Crippen LogP contribution < -0.4 is 43.4 Å². The van der Waals surface area contributed by atoms with E-state index in [1.807, 2.05) is 0 Å². The molecule has 2 rings (SSSR count). The number of thiol groups is 1. The molecule has 6 atom stereocenters. The summed E-state index contributed by atoms with van der Waals surface area (Å²) in [6.45, 7) is 3.74. The van der Waals surface area contributed by atoms with Gasteiger partial charge in [-0.05, 0) is 51.0 Å². The van der Waals surface area contributed by atoms with Crippen molar-refractivity contribution >= 4 is 66.0 Å². The molecule has 2 fully saturated rings. The van der Waals surface area contributed by atoms with Gasteiger partial charge in [0.15, 0.2) is 5.96 Å². The number of aliphatic carboxylic acids is 2. The van der Waals surface area contributed by atoms with Crippen LogP contribution in [0.1, 0.15) is 58.8 Å². The number of aliphatic imine (C=N–C) groups is 1. The molecule has 0 spiro atoms. The van der Waals surface area contributed by atoms with Crippen LogP contribution in [0.25, 0.3) is 0 Å². The van der Waals surface area contributed by atoms with Crippen molar-refractivity contribution in [3.63, 3.8) is 0 Å². The number of amides is 6. The third-order valence-electron chi connectivity index (χ3n) is 8.27. The van der Waals surface area contributed by atoms with E-state index in [9.17, 15) is 43.5 Å². The molecule has 6 amide bonds. The van der Waals surface area contributed by atoms with Gasteiger partial charge in [0, 0.05) is 18.8 Å². The Balaban J connectivity index is 2.01. The van der Waals surface area contributed by atoms with E-state index < -0.39 is 96.6 Å². The summed E-state index contributed by atoms with van der Waals surface area (Å²) in [7, 11) is 0. The third kappa shape index (κ3) is 13.9. The summed E-state index contributed by atoms with van der Waals surface area (Å²) in [5.41, 5.74) is 10.7. The summed E-state index contributed by atoms with van der Waals surface area (Å²) in [6, 6.07) is -6.58. The Labute approximate surface area is 300 Å². The van der Waals surface area contributed by atoms with E-state index in [0.29, 0.717) is 25.8 Å². The lowest BCUT2D eigenvalue weighted by atomic mass is 10.0. The molecule has 0 bridgehead atoms. The van der Waals surface area contributed by atoms with Crippen LogP contribution in [0.15, 0.2) is 4.99 Å². The van der Waals surface area contributed by atoms with Crippen molar-refractivity contribution in [3.05, 3.63) is 0 Å². The van der Waals surface area contributed by atoms with Crippen molar-refractivity contribution in [1.82, 2.24) is 36.8 Å². The molecule has 20 nitrogen and oxygen atoms in total. The molecule has 2 aliphatic heterocycles. The van der Waals surface area contributed by atoms with Crippen LogP contribution in [-0.4, -0.2) is 137 Å². The Bertz CT molecular complexity index is 1320. The molecule has 21 heteroatoms. The monoisotopic (exact) mass is 742 g/mol. The van der Waals surface area contributed by atoms with Gasteiger partial charge in [0.2, 0.25) is 35.4 Å². The third-order valence-corrected chi connectivity index (χ3v) is 8.64. The maximum Gasteiger partial charge on any atom is 0.326 e. The van der Waals surface area contributed by atoms with Crippen molar-refractivity contribution in [3.8, 4) is 0 Å². The second-order valence-corrected chi connectivity index (χ2v) is 13.0. The van der Waals surface area contributed by atoms with Gasteiger partial charge in [0.05, 0.1) is 19.0 Å². The van der Waals surface area contributed by atoms with Crippen LogP contribution in [0.4, 0.5) is 0 Å². The van der Waals surface area contributed by atoms with Gasteiger partial charge in [-0.25, -0.2) is 4.79 Å². The number of nitrogens with two attached hydrogens (primary N) is 2. The highest BCUT2D eigenvalue weighted by atomic mass is 32.1. The lowest BCUT2D eigenvalue weighted by Crippen LogP contribution is -2.58. The molecule has 0 aromatic heterocycles. The van der Waals surface area contributed by atoms with Crippen molar-refractivity contribution in [2.75, 3.05) is 31.9 Å². The Morgan fingerprint density at radius 1 is 0.902 bits per heavy atom. The number of guanidine groups is 1. The number of nitrogens with one attached hydrogen (secondary N) is 6. The van der Waals surface area contributed by atoms with E-state index in [4.69, 9.17) is 16.6 Å². The van der Waals surface area contributed by atoms with Gasteiger partial charge in [-0.3, -0.25) is 38.6 Å². The van der Waals surface area contributed by atoms with Crippen molar-refractivity contribution < 1.29 is 48.6 Å². The Hall–Kier alpha value is -4.66. The van der Waals surface area contributed by atoms with Gasteiger partial charge in [-0.2, -0.15) is 12.6 Å². The summed E-state index contributed by atoms with van der Waals surface area (Å²) in [5, 5.41) is 33.7. The van der Waals surface area contributed by atoms with E-state index in [2.05, 4.69) is 49.5 Å². The highest BCUT2D eigenvalue weighted by Gasteiger charge is 2.40. The van der Waals surface area contributed by atoms with Gasteiger partial charge in [-0.1, -0.05) is 13.8 Å². The van der Waals surface area contributed by atoms with Crippen molar-refractivity contribution in [2.24, 2.45) is 22.4 Å². The standard InChI is InChI=1S/C30H50N10O10S/c1-15(2)23(28(48)40-11-5-8-20(40)27(47)37-18(29(49)50)12-22(42)43)39-21(41)13-35-24(44)19(14-51)38-26(46)17(7-4-10-34-30(31)32)36-25(45)16-6-3-9-33-16/h15-20,23,33,51H,3-14H2,1-2H3,(H,35,44)(H,36,45)(H,37,47)(H,38,46)(H,39,41)(H,42,43)(H,49,50)(H4,31,32,34)/t16-,17-,18-,19-,20-,23-/m0/s1. The second kappa shape index (κ2) is 20.9. The van der Waals surface area contributed by atoms with E-state index in [1.54, 1.807) is 13.8 Å². The Morgan fingerprint density at radius 2 is 1.59 bits per heavy atom. The molecular weight excluding hydrogens is 692 g/mol. The normalized spacial score (nSPS) is 19.2. The van der Waals surface area contributed by atoms with Gasteiger partial charge < -0.3 is 58.5 Å². The van der Waals surface area contributed by atoms with Crippen molar-refractivity contribution in [1.29, 1.82) is 0 Å². The number of carboxylic acid groups (broad SMARTS) is 2. The molecule has 0 radical (unpaired) electrons. The minimum atomic E-state index is -1.70. The van der Waals surface area contributed by atoms with E-state index in [-0.39, 0.29) is 43.6 Å². The van der Waals surface area contributed by atoms with Crippen LogP contribution in [-0.2, 0) is 38.4 Å². The minimum Gasteiger partial charge on any atom is -0.481 e. The fourth-order valence-corrected chi connectivity index (χ4v) is 5.83. The lowest BCUT2D eigenvalue weighted by molar-refractivity contribution is -0.148. The van der Waals surface area contributed by atoms with Gasteiger partial charge >= 0.3 is 11.9 Å². The van der Waals surface area contributed by atoms with Gasteiger partial charge in [0.1, 0.15) is 30.2 Å². The summed E-state index contributed by atoms with van der Waals surface area (Å²) in [5.74, 6) is -7.69. The molecule has 12 N–H and O–H groups in total. The first-order valence-electron chi connectivity index (χ1n) is 16.7. The summed E-state index contributed by atoms with van der Waals surface area (Å²) < 4.78 is 0. The number of hydrogen-bond donors (Lipinski definition) is 11. The maximum atomic E-state index is 13.5. The molecule has 2 saturated heterocycles. The average Bonchev–Trinajstić information content (AvgIpc) is 3.78. The first kappa shape index (κ1) is 42.5. The van der Waals surface area contributed by atoms with Crippen LogP contribution >= 0.6 is 12.6 Å². The molecular formula is C30H50N10O10S. The van der Waals surface area contributed by atoms with E-state index in [0.717, 1.165) is 6.42 Å². The number of likely N-dealkylation sites (tertiary alicyclic amines) is 1. The van der Waals surface area contributed by atoms with Crippen molar-refractivity contribution in [2.45, 2.75) is 95.0 Å². The molecule has 0 aromatic rings.